The normalized spacial score (nSPS) is 23.2. The molecule has 10 heteroatoms. The quantitative estimate of drug-likeness (QED) is 0.248. The lowest BCUT2D eigenvalue weighted by Gasteiger charge is -2.46. The van der Waals surface area contributed by atoms with Crippen LogP contribution in [0.25, 0.3) is 11.0 Å². The van der Waals surface area contributed by atoms with E-state index in [2.05, 4.69) is 71.8 Å². The Kier molecular flexibility index (Phi) is 8.24. The predicted molar refractivity (Wildman–Crippen MR) is 182 cm³/mol. The van der Waals surface area contributed by atoms with Gasteiger partial charge in [0.1, 0.15) is 10.7 Å². The summed E-state index contributed by atoms with van der Waals surface area (Å²) >= 11 is 6.09. The van der Waals surface area contributed by atoms with E-state index in [4.69, 9.17) is 21.7 Å². The van der Waals surface area contributed by atoms with Gasteiger partial charge < -0.3 is 9.47 Å². The molecule has 0 unspecified atom stereocenters. The first-order chi connectivity index (χ1) is 22.0. The smallest absolute Gasteiger partial charge is 0.253 e. The molecule has 3 aliphatic heterocycles. The van der Waals surface area contributed by atoms with E-state index in [0.29, 0.717) is 31.2 Å². The molecule has 1 aromatic heterocycles. The Morgan fingerprint density at radius 2 is 1.63 bits per heavy atom. The number of nitrogens with zero attached hydrogens (tertiary/aromatic N) is 4. The van der Waals surface area contributed by atoms with E-state index in [1.165, 1.54) is 41.6 Å². The van der Waals surface area contributed by atoms with Crippen molar-refractivity contribution >= 4 is 38.6 Å². The average molecular weight is 660 g/mol. The molecule has 3 saturated heterocycles. The van der Waals surface area contributed by atoms with Gasteiger partial charge in [0.05, 0.1) is 16.1 Å². The van der Waals surface area contributed by atoms with Crippen LogP contribution in [-0.2, 0) is 15.4 Å². The van der Waals surface area contributed by atoms with Crippen LogP contribution < -0.4 is 5.14 Å². The highest BCUT2D eigenvalue weighted by atomic mass is 35.5. The van der Waals surface area contributed by atoms with E-state index < -0.39 is 10.0 Å². The minimum atomic E-state index is -4.04. The zero-order valence-electron chi connectivity index (χ0n) is 26.5. The minimum absolute atomic E-state index is 0.0165. The first-order valence-electron chi connectivity index (χ1n) is 16.4. The lowest BCUT2D eigenvalue weighted by molar-refractivity contribution is 0.0606. The molecule has 242 valence electrons. The van der Waals surface area contributed by atoms with Gasteiger partial charge in [-0.05, 0) is 107 Å². The third-order valence-electron chi connectivity index (χ3n) is 11.1. The summed E-state index contributed by atoms with van der Waals surface area (Å²) in [6.07, 6.45) is 7.54. The number of carbonyl (C=O) groups excluding carboxylic acids is 1. The highest BCUT2D eigenvalue weighted by Gasteiger charge is 2.44. The molecular weight excluding hydrogens is 618 g/mol. The SMILES string of the molecule is Cc1ccccc1C1(CCN2[C@@H]3CC[C@H]2C[C@@H](n2c(C)nc4ccccc42)C3)CCN(C(=O)c2ccc(Cl)c(S(N)(=O)=O)c2)CC1. The highest BCUT2D eigenvalue weighted by Crippen LogP contribution is 2.45. The van der Waals surface area contributed by atoms with Crippen LogP contribution in [0.4, 0.5) is 0 Å². The number of imidazole rings is 1. The Bertz CT molecular complexity index is 1880. The van der Waals surface area contributed by atoms with Crippen molar-refractivity contribution in [2.24, 2.45) is 5.14 Å². The number of carbonyl (C=O) groups is 1. The lowest BCUT2D eigenvalue weighted by atomic mass is 9.69. The number of sulfonamides is 1. The number of rotatable bonds is 7. The van der Waals surface area contributed by atoms with Crippen LogP contribution in [0.2, 0.25) is 5.02 Å². The molecule has 0 saturated carbocycles. The molecule has 4 aromatic rings. The number of hydrogen-bond donors (Lipinski definition) is 1. The second kappa shape index (κ2) is 12.1. The standard InChI is InChI=1S/C36H42ClN5O3S/c1-24-7-3-4-8-30(24)36(15-18-40(19-16-36)35(43)26-11-14-31(37)34(21-26)46(38,44)45)17-20-41-27-12-13-28(41)23-29(22-27)42-25(2)39-32-9-5-6-10-33(32)42/h3-11,14,21,27-29H,12-13,15-20,22-23H2,1-2H3,(H2,38,44,45)/t27-,28+,29+. The van der Waals surface area contributed by atoms with Gasteiger partial charge in [-0.15, -0.1) is 0 Å². The molecule has 4 heterocycles. The molecule has 3 aromatic carbocycles. The number of para-hydroxylation sites is 2. The molecule has 0 spiro atoms. The van der Waals surface area contributed by atoms with Crippen LogP contribution in [0, 0.1) is 13.8 Å². The van der Waals surface area contributed by atoms with Crippen molar-refractivity contribution in [1.82, 2.24) is 19.4 Å². The summed E-state index contributed by atoms with van der Waals surface area (Å²) in [7, 11) is -4.04. The fourth-order valence-electron chi connectivity index (χ4n) is 8.79. The van der Waals surface area contributed by atoms with Gasteiger partial charge in [-0.3, -0.25) is 9.69 Å². The maximum Gasteiger partial charge on any atom is 0.253 e. The van der Waals surface area contributed by atoms with Gasteiger partial charge in [0.2, 0.25) is 10.0 Å². The van der Waals surface area contributed by atoms with Crippen LogP contribution in [0.15, 0.2) is 71.6 Å². The van der Waals surface area contributed by atoms with Crippen molar-refractivity contribution in [1.29, 1.82) is 0 Å². The van der Waals surface area contributed by atoms with Crippen molar-refractivity contribution in [3.63, 3.8) is 0 Å². The van der Waals surface area contributed by atoms with Gasteiger partial charge in [0.15, 0.2) is 0 Å². The minimum Gasteiger partial charge on any atom is -0.339 e. The number of likely N-dealkylation sites (tertiary alicyclic amines) is 1. The molecule has 1 amide bonds. The zero-order valence-corrected chi connectivity index (χ0v) is 28.1. The van der Waals surface area contributed by atoms with Crippen LogP contribution in [0.3, 0.4) is 0 Å². The predicted octanol–water partition coefficient (Wildman–Crippen LogP) is 6.39. The largest absolute Gasteiger partial charge is 0.339 e. The van der Waals surface area contributed by atoms with Gasteiger partial charge in [-0.2, -0.15) is 0 Å². The maximum absolute atomic E-state index is 13.6. The number of benzene rings is 3. The molecule has 0 radical (unpaired) electrons. The van der Waals surface area contributed by atoms with Crippen LogP contribution in [0.5, 0.6) is 0 Å². The number of fused-ring (bicyclic) bond motifs is 3. The molecule has 3 aliphatic rings. The molecule has 3 fully saturated rings. The van der Waals surface area contributed by atoms with Gasteiger partial charge in [0, 0.05) is 42.2 Å². The number of halogens is 1. The van der Waals surface area contributed by atoms with Gasteiger partial charge in [-0.1, -0.05) is 48.0 Å². The third kappa shape index (κ3) is 5.65. The third-order valence-corrected chi connectivity index (χ3v) is 12.4. The highest BCUT2D eigenvalue weighted by molar-refractivity contribution is 7.89. The Morgan fingerprint density at radius 3 is 2.33 bits per heavy atom. The molecular formula is C36H42ClN5O3S. The number of nitrogens with two attached hydrogens (primary N) is 1. The number of aryl methyl sites for hydroxylation is 2. The maximum atomic E-state index is 13.6. The molecule has 2 N–H and O–H groups in total. The number of aromatic nitrogens is 2. The first-order valence-corrected chi connectivity index (χ1v) is 18.3. The van der Waals surface area contributed by atoms with E-state index in [9.17, 15) is 13.2 Å². The first kappa shape index (κ1) is 31.4. The second-order valence-electron chi connectivity index (χ2n) is 13.6. The number of hydrogen-bond acceptors (Lipinski definition) is 5. The van der Waals surface area contributed by atoms with Gasteiger partial charge in [0.25, 0.3) is 5.91 Å². The van der Waals surface area contributed by atoms with Crippen LogP contribution >= 0.6 is 11.6 Å². The van der Waals surface area contributed by atoms with E-state index >= 15 is 0 Å². The molecule has 46 heavy (non-hydrogen) atoms. The summed E-state index contributed by atoms with van der Waals surface area (Å²) in [6.45, 7) is 6.58. The van der Waals surface area contributed by atoms with Crippen LogP contribution in [0.1, 0.15) is 78.3 Å². The Labute approximate surface area is 276 Å². The van der Waals surface area contributed by atoms with E-state index in [0.717, 1.165) is 50.0 Å². The van der Waals surface area contributed by atoms with E-state index in [1.54, 1.807) is 6.07 Å². The van der Waals surface area contributed by atoms with E-state index in [1.807, 2.05) is 4.90 Å². The summed E-state index contributed by atoms with van der Waals surface area (Å²) in [5, 5.41) is 5.37. The summed E-state index contributed by atoms with van der Waals surface area (Å²) in [6, 6.07) is 23.1. The zero-order chi connectivity index (χ0) is 32.2. The second-order valence-corrected chi connectivity index (χ2v) is 15.5. The monoisotopic (exact) mass is 659 g/mol. The number of piperidine rings is 2. The van der Waals surface area contributed by atoms with E-state index in [-0.39, 0.29) is 26.8 Å². The summed E-state index contributed by atoms with van der Waals surface area (Å²) < 4.78 is 26.6. The number of amides is 1. The van der Waals surface area contributed by atoms with Crippen molar-refractivity contribution < 1.29 is 13.2 Å². The average Bonchev–Trinajstić information content (AvgIpc) is 3.50. The lowest BCUT2D eigenvalue weighted by Crippen LogP contribution is -2.49. The van der Waals surface area contributed by atoms with Crippen molar-refractivity contribution in [3.8, 4) is 0 Å². The number of primary sulfonamides is 1. The summed E-state index contributed by atoms with van der Waals surface area (Å²) in [5.74, 6) is 0.917. The fourth-order valence-corrected chi connectivity index (χ4v) is 9.86. The van der Waals surface area contributed by atoms with Crippen molar-refractivity contribution in [3.05, 3.63) is 94.3 Å². The van der Waals surface area contributed by atoms with Crippen molar-refractivity contribution in [2.45, 2.75) is 87.2 Å². The molecule has 7 rings (SSSR count). The summed E-state index contributed by atoms with van der Waals surface area (Å²) in [5.41, 5.74) is 5.26. The van der Waals surface area contributed by atoms with Crippen LogP contribution in [-0.4, -0.2) is 65.4 Å². The van der Waals surface area contributed by atoms with Gasteiger partial charge >= 0.3 is 0 Å². The molecule has 3 atom stereocenters. The molecule has 2 bridgehead atoms. The van der Waals surface area contributed by atoms with Gasteiger partial charge in [-0.25, -0.2) is 18.5 Å². The Hall–Kier alpha value is -3.24. The Morgan fingerprint density at radius 1 is 0.957 bits per heavy atom. The topological polar surface area (TPSA) is 102 Å². The Balaban J connectivity index is 1.08. The fraction of sp³-hybridized carbons (Fsp3) is 0.444. The molecule has 0 aliphatic carbocycles. The van der Waals surface area contributed by atoms with Crippen molar-refractivity contribution in [2.75, 3.05) is 19.6 Å². The molecule has 8 nitrogen and oxygen atoms in total. The summed E-state index contributed by atoms with van der Waals surface area (Å²) in [4.78, 5) is 22.9.